The predicted octanol–water partition coefficient (Wildman–Crippen LogP) is 1.90. The van der Waals surface area contributed by atoms with E-state index >= 15 is 0 Å². The van der Waals surface area contributed by atoms with Gasteiger partial charge in [0.1, 0.15) is 6.04 Å². The van der Waals surface area contributed by atoms with Crippen molar-refractivity contribution in [1.29, 1.82) is 0 Å². The van der Waals surface area contributed by atoms with Crippen molar-refractivity contribution < 1.29 is 9.53 Å². The van der Waals surface area contributed by atoms with Crippen LogP contribution in [-0.4, -0.2) is 43.2 Å². The van der Waals surface area contributed by atoms with Crippen molar-refractivity contribution in [1.82, 2.24) is 10.2 Å². The minimum absolute atomic E-state index is 0.112. The fourth-order valence-electron chi connectivity index (χ4n) is 2.95. The summed E-state index contributed by atoms with van der Waals surface area (Å²) in [6, 6.07) is 8.74. The molecule has 1 heterocycles. The van der Waals surface area contributed by atoms with Gasteiger partial charge in [-0.05, 0) is 36.8 Å². The van der Waals surface area contributed by atoms with Crippen LogP contribution in [0.3, 0.4) is 0 Å². The molecule has 3 rings (SSSR count). The van der Waals surface area contributed by atoms with Gasteiger partial charge in [0.15, 0.2) is 0 Å². The second-order valence-corrected chi connectivity index (χ2v) is 5.96. The first-order valence-corrected chi connectivity index (χ1v) is 7.98. The normalized spacial score (nSPS) is 23.0. The molecule has 1 saturated heterocycles. The molecule has 0 radical (unpaired) electrons. The average Bonchev–Trinajstić information content (AvgIpc) is 3.33. The number of carbonyl (C=O) groups excluding carboxylic acids is 1. The third-order valence-electron chi connectivity index (χ3n) is 4.33. The van der Waals surface area contributed by atoms with Gasteiger partial charge in [-0.15, -0.1) is 0 Å². The van der Waals surface area contributed by atoms with Gasteiger partial charge < -0.3 is 10.1 Å². The topological polar surface area (TPSA) is 41.6 Å². The van der Waals surface area contributed by atoms with Crippen LogP contribution in [0.15, 0.2) is 24.3 Å². The summed E-state index contributed by atoms with van der Waals surface area (Å²) < 4.78 is 5.19. The van der Waals surface area contributed by atoms with E-state index in [9.17, 15) is 4.79 Å². The van der Waals surface area contributed by atoms with Gasteiger partial charge in [-0.2, -0.15) is 0 Å². The van der Waals surface area contributed by atoms with E-state index in [1.807, 2.05) is 6.92 Å². The highest BCUT2D eigenvalue weighted by Crippen LogP contribution is 2.39. The summed E-state index contributed by atoms with van der Waals surface area (Å²) in [5, 5.41) is 3.28. The summed E-state index contributed by atoms with van der Waals surface area (Å²) in [5.41, 5.74) is 2.73. The number of nitrogens with zero attached hydrogens (tertiary/aromatic N) is 1. The Morgan fingerprint density at radius 3 is 2.76 bits per heavy atom. The van der Waals surface area contributed by atoms with Crippen molar-refractivity contribution in [3.63, 3.8) is 0 Å². The van der Waals surface area contributed by atoms with Crippen molar-refractivity contribution >= 4 is 5.97 Å². The molecule has 1 aromatic carbocycles. The zero-order chi connectivity index (χ0) is 14.7. The molecule has 0 bridgehead atoms. The molecule has 1 unspecified atom stereocenters. The van der Waals surface area contributed by atoms with Gasteiger partial charge in [0.2, 0.25) is 0 Å². The minimum Gasteiger partial charge on any atom is -0.465 e. The molecule has 2 fully saturated rings. The lowest BCUT2D eigenvalue weighted by Gasteiger charge is -2.34. The van der Waals surface area contributed by atoms with Gasteiger partial charge in [-0.3, -0.25) is 9.69 Å². The lowest BCUT2D eigenvalue weighted by atomic mass is 10.1. The number of nitrogens with one attached hydrogen (secondary N) is 1. The fourth-order valence-corrected chi connectivity index (χ4v) is 2.95. The Labute approximate surface area is 126 Å². The lowest BCUT2D eigenvalue weighted by molar-refractivity contribution is -0.150. The third kappa shape index (κ3) is 3.63. The van der Waals surface area contributed by atoms with E-state index in [0.29, 0.717) is 13.2 Å². The van der Waals surface area contributed by atoms with E-state index in [1.54, 1.807) is 0 Å². The first-order chi connectivity index (χ1) is 10.3. The second kappa shape index (κ2) is 6.58. The summed E-state index contributed by atoms with van der Waals surface area (Å²) in [6.07, 6.45) is 2.67. The Bertz CT molecular complexity index is 482. The summed E-state index contributed by atoms with van der Waals surface area (Å²) in [4.78, 5) is 14.3. The number of esters is 1. The maximum atomic E-state index is 12.0. The van der Waals surface area contributed by atoms with E-state index in [0.717, 1.165) is 25.6 Å². The van der Waals surface area contributed by atoms with Crippen molar-refractivity contribution in [3.05, 3.63) is 35.4 Å². The van der Waals surface area contributed by atoms with Crippen LogP contribution in [-0.2, 0) is 16.1 Å². The van der Waals surface area contributed by atoms with Crippen LogP contribution in [0.1, 0.15) is 36.8 Å². The Kier molecular flexibility index (Phi) is 4.56. The molecule has 1 aliphatic carbocycles. The molecule has 1 N–H and O–H groups in total. The molecule has 1 saturated carbocycles. The molecule has 0 spiro atoms. The van der Waals surface area contributed by atoms with Gasteiger partial charge in [-0.25, -0.2) is 0 Å². The van der Waals surface area contributed by atoms with Gasteiger partial charge in [-0.1, -0.05) is 24.3 Å². The highest BCUT2D eigenvalue weighted by atomic mass is 16.5. The zero-order valence-corrected chi connectivity index (χ0v) is 12.7. The number of carbonyl (C=O) groups is 1. The van der Waals surface area contributed by atoms with Gasteiger partial charge in [0.25, 0.3) is 0 Å². The summed E-state index contributed by atoms with van der Waals surface area (Å²) in [5.74, 6) is 0.685. The third-order valence-corrected chi connectivity index (χ3v) is 4.33. The number of ether oxygens (including phenoxy) is 1. The van der Waals surface area contributed by atoms with Crippen LogP contribution < -0.4 is 5.32 Å². The van der Waals surface area contributed by atoms with E-state index in [1.165, 1.54) is 24.0 Å². The number of rotatable bonds is 5. The molecule has 1 atom stereocenters. The molecule has 0 amide bonds. The molecule has 114 valence electrons. The summed E-state index contributed by atoms with van der Waals surface area (Å²) in [7, 11) is 0. The number of benzene rings is 1. The highest BCUT2D eigenvalue weighted by molar-refractivity contribution is 5.76. The van der Waals surface area contributed by atoms with Crippen LogP contribution in [0.2, 0.25) is 0 Å². The number of hydrogen-bond acceptors (Lipinski definition) is 4. The fraction of sp³-hybridized carbons (Fsp3) is 0.588. The van der Waals surface area contributed by atoms with Crippen molar-refractivity contribution in [3.8, 4) is 0 Å². The van der Waals surface area contributed by atoms with Crippen molar-refractivity contribution in [2.24, 2.45) is 0 Å². The van der Waals surface area contributed by atoms with Crippen LogP contribution in [0.25, 0.3) is 0 Å². The SMILES string of the molecule is CCOC(=O)C1CNCCN1Cc1ccc(C2CC2)cc1. The molecule has 4 heteroatoms. The van der Waals surface area contributed by atoms with Crippen LogP contribution in [0, 0.1) is 0 Å². The van der Waals surface area contributed by atoms with E-state index in [4.69, 9.17) is 4.74 Å². The Balaban J connectivity index is 1.64. The smallest absolute Gasteiger partial charge is 0.324 e. The molecule has 1 aromatic rings. The summed E-state index contributed by atoms with van der Waals surface area (Å²) >= 11 is 0. The monoisotopic (exact) mass is 288 g/mol. The molecule has 1 aliphatic heterocycles. The second-order valence-electron chi connectivity index (χ2n) is 5.96. The average molecular weight is 288 g/mol. The standard InChI is InChI=1S/C17H24N2O2/c1-2-21-17(20)16-11-18-9-10-19(16)12-13-3-5-14(6-4-13)15-7-8-15/h3-6,15-16,18H,2,7-12H2,1H3. The quantitative estimate of drug-likeness (QED) is 0.840. The van der Waals surface area contributed by atoms with Crippen LogP contribution in [0.5, 0.6) is 0 Å². The largest absolute Gasteiger partial charge is 0.465 e. The zero-order valence-electron chi connectivity index (χ0n) is 12.7. The molecular formula is C17H24N2O2. The van der Waals surface area contributed by atoms with Crippen LogP contribution in [0.4, 0.5) is 0 Å². The number of hydrogen-bond donors (Lipinski definition) is 1. The highest BCUT2D eigenvalue weighted by Gasteiger charge is 2.29. The maximum Gasteiger partial charge on any atom is 0.324 e. The predicted molar refractivity (Wildman–Crippen MR) is 82.1 cm³/mol. The van der Waals surface area contributed by atoms with Crippen molar-refractivity contribution in [2.75, 3.05) is 26.2 Å². The minimum atomic E-state index is -0.165. The summed E-state index contributed by atoms with van der Waals surface area (Å²) in [6.45, 7) is 5.60. The molecule has 21 heavy (non-hydrogen) atoms. The maximum absolute atomic E-state index is 12.0. The molecule has 2 aliphatic rings. The van der Waals surface area contributed by atoms with Crippen LogP contribution >= 0.6 is 0 Å². The Hall–Kier alpha value is -1.39. The molecule has 0 aromatic heterocycles. The lowest BCUT2D eigenvalue weighted by Crippen LogP contribution is -2.54. The van der Waals surface area contributed by atoms with E-state index < -0.39 is 0 Å². The van der Waals surface area contributed by atoms with Crippen molar-refractivity contribution in [2.45, 2.75) is 38.3 Å². The van der Waals surface area contributed by atoms with Gasteiger partial charge in [0, 0.05) is 26.2 Å². The first-order valence-electron chi connectivity index (χ1n) is 7.98. The molecular weight excluding hydrogens is 264 g/mol. The Morgan fingerprint density at radius 1 is 1.33 bits per heavy atom. The Morgan fingerprint density at radius 2 is 2.10 bits per heavy atom. The van der Waals surface area contributed by atoms with E-state index in [-0.39, 0.29) is 12.0 Å². The first kappa shape index (κ1) is 14.5. The molecule has 4 nitrogen and oxygen atoms in total. The van der Waals surface area contributed by atoms with Gasteiger partial charge >= 0.3 is 5.97 Å². The number of piperazine rings is 1. The van der Waals surface area contributed by atoms with E-state index in [2.05, 4.69) is 34.5 Å². The van der Waals surface area contributed by atoms with Gasteiger partial charge in [0.05, 0.1) is 6.61 Å².